The first kappa shape index (κ1) is 13.5. The number of aliphatic hydroxyl groups excluding tert-OH is 1. The van der Waals surface area contributed by atoms with Gasteiger partial charge < -0.3 is 10.0 Å². The van der Waals surface area contributed by atoms with Gasteiger partial charge in [0.15, 0.2) is 0 Å². The van der Waals surface area contributed by atoms with Gasteiger partial charge >= 0.3 is 0 Å². The molecule has 0 unspecified atom stereocenters. The van der Waals surface area contributed by atoms with Gasteiger partial charge in [0.1, 0.15) is 0 Å². The smallest absolute Gasteiger partial charge is 0.225 e. The van der Waals surface area contributed by atoms with Crippen molar-refractivity contribution in [2.24, 2.45) is 5.92 Å². The van der Waals surface area contributed by atoms with Crippen LogP contribution < -0.4 is 0 Å². The molecule has 0 spiro atoms. The van der Waals surface area contributed by atoms with Crippen molar-refractivity contribution >= 4 is 5.91 Å². The lowest BCUT2D eigenvalue weighted by molar-refractivity contribution is -0.140. The Balaban J connectivity index is 2.61. The summed E-state index contributed by atoms with van der Waals surface area (Å²) in [4.78, 5) is 14.0. The Morgan fingerprint density at radius 2 is 1.75 bits per heavy atom. The summed E-state index contributed by atoms with van der Waals surface area (Å²) in [7, 11) is 1.81. The molecule has 16 heavy (non-hydrogen) atoms. The average molecular weight is 227 g/mol. The van der Waals surface area contributed by atoms with Gasteiger partial charge in [0.05, 0.1) is 12.1 Å². The third-order valence-electron chi connectivity index (χ3n) is 3.83. The van der Waals surface area contributed by atoms with Gasteiger partial charge in [-0.05, 0) is 26.7 Å². The number of aliphatic hydroxyl groups is 1. The number of carbonyl (C=O) groups is 1. The lowest BCUT2D eigenvalue weighted by atomic mass is 9.95. The normalized spacial score (nSPS) is 19.2. The van der Waals surface area contributed by atoms with Gasteiger partial charge in [-0.15, -0.1) is 0 Å². The molecule has 0 aromatic carbocycles. The highest BCUT2D eigenvalue weighted by molar-refractivity contribution is 5.79. The highest BCUT2D eigenvalue weighted by Crippen LogP contribution is 2.26. The molecule has 0 radical (unpaired) electrons. The number of nitrogens with zero attached hydrogens (tertiary/aromatic N) is 1. The van der Waals surface area contributed by atoms with E-state index in [1.165, 1.54) is 25.7 Å². The maximum atomic E-state index is 12.3. The quantitative estimate of drug-likeness (QED) is 0.751. The summed E-state index contributed by atoms with van der Waals surface area (Å²) >= 11 is 0. The van der Waals surface area contributed by atoms with E-state index in [1.54, 1.807) is 4.90 Å². The van der Waals surface area contributed by atoms with Crippen molar-refractivity contribution in [1.29, 1.82) is 0 Å². The molecule has 94 valence electrons. The van der Waals surface area contributed by atoms with Crippen LogP contribution in [-0.4, -0.2) is 35.1 Å². The SMILES string of the molecule is CN(C(=O)C1CCCCCC1)C(C)(C)CO. The minimum absolute atomic E-state index is 0.0158. The fourth-order valence-corrected chi connectivity index (χ4v) is 2.20. The topological polar surface area (TPSA) is 40.5 Å². The van der Waals surface area contributed by atoms with E-state index in [0.717, 1.165) is 12.8 Å². The summed E-state index contributed by atoms with van der Waals surface area (Å²) in [6, 6.07) is 0. The van der Waals surface area contributed by atoms with Crippen LogP contribution in [0.5, 0.6) is 0 Å². The zero-order valence-electron chi connectivity index (χ0n) is 10.8. The molecule has 1 saturated carbocycles. The van der Waals surface area contributed by atoms with Crippen molar-refractivity contribution < 1.29 is 9.90 Å². The minimum Gasteiger partial charge on any atom is -0.394 e. The van der Waals surface area contributed by atoms with Gasteiger partial charge in [-0.3, -0.25) is 4.79 Å². The van der Waals surface area contributed by atoms with Crippen LogP contribution in [0.1, 0.15) is 52.4 Å². The molecular formula is C13H25NO2. The van der Waals surface area contributed by atoms with Gasteiger partial charge in [0.2, 0.25) is 5.91 Å². The zero-order valence-corrected chi connectivity index (χ0v) is 10.8. The molecule has 1 N–H and O–H groups in total. The second-order valence-corrected chi connectivity index (χ2v) is 5.56. The number of amides is 1. The summed E-state index contributed by atoms with van der Waals surface area (Å²) in [5.41, 5.74) is -0.441. The number of likely N-dealkylation sites (N-methyl/N-ethyl adjacent to an activating group) is 1. The van der Waals surface area contributed by atoms with Gasteiger partial charge in [-0.25, -0.2) is 0 Å². The first-order valence-corrected chi connectivity index (χ1v) is 6.37. The number of carbonyl (C=O) groups excluding carboxylic acids is 1. The molecule has 0 aromatic heterocycles. The Morgan fingerprint density at radius 1 is 1.25 bits per heavy atom. The Labute approximate surface area is 98.8 Å². The third-order valence-corrected chi connectivity index (χ3v) is 3.83. The predicted molar refractivity (Wildman–Crippen MR) is 65.1 cm³/mol. The lowest BCUT2D eigenvalue weighted by Gasteiger charge is -2.36. The van der Waals surface area contributed by atoms with Crippen LogP contribution in [-0.2, 0) is 4.79 Å². The van der Waals surface area contributed by atoms with E-state index in [9.17, 15) is 9.90 Å². The molecule has 3 nitrogen and oxygen atoms in total. The largest absolute Gasteiger partial charge is 0.394 e. The highest BCUT2D eigenvalue weighted by Gasteiger charge is 2.31. The summed E-state index contributed by atoms with van der Waals surface area (Å²) in [6.45, 7) is 3.82. The van der Waals surface area contributed by atoms with Crippen LogP contribution in [0.4, 0.5) is 0 Å². The fraction of sp³-hybridized carbons (Fsp3) is 0.923. The molecule has 1 aliphatic rings. The monoisotopic (exact) mass is 227 g/mol. The molecule has 0 atom stereocenters. The molecule has 1 aliphatic carbocycles. The number of rotatable bonds is 3. The number of hydrogen-bond donors (Lipinski definition) is 1. The second kappa shape index (κ2) is 5.67. The van der Waals surface area contributed by atoms with Crippen LogP contribution >= 0.6 is 0 Å². The Bertz CT molecular complexity index is 230. The molecule has 0 aromatic rings. The third kappa shape index (κ3) is 3.21. The van der Waals surface area contributed by atoms with Crippen molar-refractivity contribution in [1.82, 2.24) is 4.90 Å². The Morgan fingerprint density at radius 3 is 2.19 bits per heavy atom. The van der Waals surface area contributed by atoms with E-state index in [0.29, 0.717) is 0 Å². The maximum absolute atomic E-state index is 12.3. The summed E-state index contributed by atoms with van der Waals surface area (Å²) in [6.07, 6.45) is 6.90. The maximum Gasteiger partial charge on any atom is 0.225 e. The molecule has 1 rings (SSSR count). The van der Waals surface area contributed by atoms with Crippen molar-refractivity contribution in [3.63, 3.8) is 0 Å². The molecular weight excluding hydrogens is 202 g/mol. The van der Waals surface area contributed by atoms with Gasteiger partial charge in [0, 0.05) is 13.0 Å². The van der Waals surface area contributed by atoms with Gasteiger partial charge in [0.25, 0.3) is 0 Å². The van der Waals surface area contributed by atoms with E-state index in [2.05, 4.69) is 0 Å². The first-order chi connectivity index (χ1) is 7.49. The van der Waals surface area contributed by atoms with Crippen LogP contribution in [0, 0.1) is 5.92 Å². The molecule has 1 fully saturated rings. The van der Waals surface area contributed by atoms with Crippen LogP contribution in [0.25, 0.3) is 0 Å². The minimum atomic E-state index is -0.441. The highest BCUT2D eigenvalue weighted by atomic mass is 16.3. The van der Waals surface area contributed by atoms with E-state index in [-0.39, 0.29) is 18.4 Å². The number of hydrogen-bond acceptors (Lipinski definition) is 2. The molecule has 0 heterocycles. The van der Waals surface area contributed by atoms with Crippen molar-refractivity contribution in [2.45, 2.75) is 57.9 Å². The van der Waals surface area contributed by atoms with Crippen molar-refractivity contribution in [3.05, 3.63) is 0 Å². The van der Waals surface area contributed by atoms with E-state index in [4.69, 9.17) is 0 Å². The molecule has 1 amide bonds. The molecule has 0 aliphatic heterocycles. The lowest BCUT2D eigenvalue weighted by Crippen LogP contribution is -2.49. The van der Waals surface area contributed by atoms with Crippen molar-refractivity contribution in [3.8, 4) is 0 Å². The first-order valence-electron chi connectivity index (χ1n) is 6.37. The fourth-order valence-electron chi connectivity index (χ4n) is 2.20. The molecule has 3 heteroatoms. The predicted octanol–water partition coefficient (Wildman–Crippen LogP) is 2.19. The summed E-state index contributed by atoms with van der Waals surface area (Å²) in [5, 5.41) is 9.27. The van der Waals surface area contributed by atoms with Gasteiger partial charge in [-0.2, -0.15) is 0 Å². The second-order valence-electron chi connectivity index (χ2n) is 5.56. The van der Waals surface area contributed by atoms with Crippen molar-refractivity contribution in [2.75, 3.05) is 13.7 Å². The Hall–Kier alpha value is -0.570. The van der Waals surface area contributed by atoms with E-state index < -0.39 is 5.54 Å². The molecule has 0 saturated heterocycles. The zero-order chi connectivity index (χ0) is 12.2. The van der Waals surface area contributed by atoms with E-state index >= 15 is 0 Å². The Kier molecular flexibility index (Phi) is 4.78. The van der Waals surface area contributed by atoms with Crippen LogP contribution in [0.3, 0.4) is 0 Å². The standard InChI is InChI=1S/C13H25NO2/c1-13(2,10-15)14(3)12(16)11-8-6-4-5-7-9-11/h11,15H,4-10H2,1-3H3. The van der Waals surface area contributed by atoms with Crippen LogP contribution in [0.2, 0.25) is 0 Å². The van der Waals surface area contributed by atoms with Gasteiger partial charge in [-0.1, -0.05) is 25.7 Å². The van der Waals surface area contributed by atoms with E-state index in [1.807, 2.05) is 20.9 Å². The van der Waals surface area contributed by atoms with Crippen LogP contribution in [0.15, 0.2) is 0 Å². The molecule has 0 bridgehead atoms. The summed E-state index contributed by atoms with van der Waals surface area (Å²) < 4.78 is 0. The average Bonchev–Trinajstić information content (AvgIpc) is 2.55. The summed E-state index contributed by atoms with van der Waals surface area (Å²) in [5.74, 6) is 0.388.